The van der Waals surface area contributed by atoms with Gasteiger partial charge in [-0.2, -0.15) is 0 Å². The largest absolute Gasteiger partial charge is 0.344 e. The van der Waals surface area contributed by atoms with Crippen molar-refractivity contribution in [3.8, 4) is 33.6 Å². The van der Waals surface area contributed by atoms with Crippen molar-refractivity contribution in [2.24, 2.45) is 9.98 Å². The highest BCUT2D eigenvalue weighted by Crippen LogP contribution is 2.44. The van der Waals surface area contributed by atoms with Crippen molar-refractivity contribution in [2.45, 2.75) is 6.17 Å². The lowest BCUT2D eigenvalue weighted by atomic mass is 9.95. The van der Waals surface area contributed by atoms with Crippen LogP contribution in [-0.4, -0.2) is 20.8 Å². The highest BCUT2D eigenvalue weighted by molar-refractivity contribution is 7.25. The van der Waals surface area contributed by atoms with E-state index in [4.69, 9.17) is 9.98 Å². The van der Waals surface area contributed by atoms with E-state index in [0.717, 1.165) is 50.5 Å². The van der Waals surface area contributed by atoms with E-state index in [0.29, 0.717) is 5.84 Å². The molecule has 0 radical (unpaired) electrons. The third kappa shape index (κ3) is 6.37. The molecule has 10 aromatic carbocycles. The zero-order chi connectivity index (χ0) is 45.4. The number of thiophene rings is 1. The topological polar surface area (TPSA) is 46.6 Å². The summed E-state index contributed by atoms with van der Waals surface area (Å²) in [7, 11) is 0. The molecule has 0 bridgehead atoms. The van der Waals surface area contributed by atoms with Gasteiger partial charge in [0.05, 0.1) is 27.8 Å². The zero-order valence-electron chi connectivity index (χ0n) is 37.3. The number of fused-ring (bicyclic) bond motifs is 9. The molecule has 13 aromatic rings. The van der Waals surface area contributed by atoms with Crippen LogP contribution in [-0.2, 0) is 0 Å². The van der Waals surface area contributed by atoms with Crippen LogP contribution in [0, 0.1) is 0 Å². The summed E-state index contributed by atoms with van der Waals surface area (Å²) in [6.07, 6.45) is -0.383. The lowest BCUT2D eigenvalue weighted by Gasteiger charge is -2.25. The molecule has 0 aliphatic carbocycles. The Morgan fingerprint density at radius 2 is 0.928 bits per heavy atom. The average Bonchev–Trinajstić information content (AvgIpc) is 4.09. The summed E-state index contributed by atoms with van der Waals surface area (Å²) in [5.41, 5.74) is 14.6. The second-order valence-corrected chi connectivity index (χ2v) is 18.8. The molecule has 0 saturated heterocycles. The lowest BCUT2D eigenvalue weighted by molar-refractivity contribution is 0.674. The van der Waals surface area contributed by atoms with E-state index in [2.05, 4.69) is 251 Å². The molecule has 6 heteroatoms. The quantitative estimate of drug-likeness (QED) is 0.170. The van der Waals surface area contributed by atoms with Gasteiger partial charge in [-0.15, -0.1) is 11.3 Å². The monoisotopic (exact) mass is 899 g/mol. The fourth-order valence-corrected chi connectivity index (χ4v) is 11.9. The maximum atomic E-state index is 5.45. The molecule has 1 N–H and O–H groups in total. The summed E-state index contributed by atoms with van der Waals surface area (Å²) in [4.78, 5) is 10.8. The van der Waals surface area contributed by atoms with Crippen LogP contribution < -0.4 is 5.32 Å². The molecule has 0 saturated carbocycles. The Morgan fingerprint density at radius 3 is 1.67 bits per heavy atom. The van der Waals surface area contributed by atoms with Crippen molar-refractivity contribution >= 4 is 86.8 Å². The smallest absolute Gasteiger partial charge is 0.159 e. The minimum Gasteiger partial charge on any atom is -0.344 e. The van der Waals surface area contributed by atoms with E-state index in [-0.39, 0.29) is 6.17 Å². The second-order valence-electron chi connectivity index (χ2n) is 17.7. The molecule has 0 amide bonds. The van der Waals surface area contributed by atoms with Crippen molar-refractivity contribution in [3.63, 3.8) is 0 Å². The Kier molecular flexibility index (Phi) is 9.07. The maximum Gasteiger partial charge on any atom is 0.159 e. The fraction of sp³-hybridized carbons (Fsp3) is 0.0159. The van der Waals surface area contributed by atoms with Gasteiger partial charge in [0.15, 0.2) is 5.84 Å². The average molecular weight is 900 g/mol. The second kappa shape index (κ2) is 15.9. The third-order valence-electron chi connectivity index (χ3n) is 13.8. The van der Waals surface area contributed by atoms with Gasteiger partial charge in [0, 0.05) is 58.5 Å². The lowest BCUT2D eigenvalue weighted by Crippen LogP contribution is -2.34. The number of amidine groups is 2. The molecule has 1 aliphatic heterocycles. The molecule has 0 fully saturated rings. The first-order chi connectivity index (χ1) is 34.2. The van der Waals surface area contributed by atoms with Crippen LogP contribution in [0.2, 0.25) is 0 Å². The van der Waals surface area contributed by atoms with Crippen molar-refractivity contribution in [1.82, 2.24) is 14.5 Å². The first-order valence-corrected chi connectivity index (χ1v) is 24.3. The number of rotatable bonds is 7. The molecule has 1 aliphatic rings. The minimum absolute atomic E-state index is 0.383. The van der Waals surface area contributed by atoms with Gasteiger partial charge in [0.1, 0.15) is 12.0 Å². The summed E-state index contributed by atoms with van der Waals surface area (Å²) in [5.74, 6) is 1.46. The van der Waals surface area contributed by atoms with Gasteiger partial charge < -0.3 is 14.5 Å². The first kappa shape index (κ1) is 39.3. The number of hydrogen-bond acceptors (Lipinski definition) is 4. The van der Waals surface area contributed by atoms with Gasteiger partial charge >= 0.3 is 0 Å². The Bertz CT molecular complexity index is 4210. The van der Waals surface area contributed by atoms with Crippen molar-refractivity contribution in [2.75, 3.05) is 0 Å². The summed E-state index contributed by atoms with van der Waals surface area (Å²) in [6, 6.07) is 85.1. The Morgan fingerprint density at radius 1 is 0.391 bits per heavy atom. The Balaban J connectivity index is 0.952. The number of nitrogens with zero attached hydrogens (tertiary/aromatic N) is 4. The summed E-state index contributed by atoms with van der Waals surface area (Å²) >= 11 is 1.81. The third-order valence-corrected chi connectivity index (χ3v) is 14.9. The summed E-state index contributed by atoms with van der Waals surface area (Å²) < 4.78 is 7.32. The van der Waals surface area contributed by atoms with E-state index in [1.54, 1.807) is 0 Å². The number of aliphatic imine (C=N–C) groups is 2. The van der Waals surface area contributed by atoms with E-state index in [1.165, 1.54) is 69.4 Å². The summed E-state index contributed by atoms with van der Waals surface area (Å²) in [5, 5.41) is 11.2. The number of aromatic nitrogens is 2. The van der Waals surface area contributed by atoms with E-state index >= 15 is 0 Å². The standard InChI is InChI=1S/C63H41N5S/c1-3-17-40(18-4-1)41-33-35-42(36-34-41)61-64-62(43-37-38-46-45-21-10-14-32-57(45)69-58(46)39-43)66-63(65-61)51-24-9-13-29-54(51)68-53-28-12-8-23-50(53)60-48(26-16-31-56(60)68)47-25-15-30-55-59(47)49-22-7-11-27-52(49)67(55)44-19-5-2-6-20-44/h1-39,61H,(H,64,65,66). The van der Waals surface area contributed by atoms with E-state index < -0.39 is 0 Å². The summed E-state index contributed by atoms with van der Waals surface area (Å²) in [6.45, 7) is 0. The van der Waals surface area contributed by atoms with Gasteiger partial charge in [-0.25, -0.2) is 9.98 Å². The molecule has 14 rings (SSSR count). The number of nitrogens with one attached hydrogen (secondary N) is 1. The highest BCUT2D eigenvalue weighted by Gasteiger charge is 2.26. The van der Waals surface area contributed by atoms with Crippen molar-refractivity contribution in [1.29, 1.82) is 0 Å². The van der Waals surface area contributed by atoms with Crippen LogP contribution in [0.1, 0.15) is 22.9 Å². The van der Waals surface area contributed by atoms with Gasteiger partial charge in [-0.1, -0.05) is 176 Å². The van der Waals surface area contributed by atoms with Gasteiger partial charge in [0.25, 0.3) is 0 Å². The van der Waals surface area contributed by atoms with Crippen LogP contribution >= 0.6 is 11.3 Å². The molecule has 4 heterocycles. The van der Waals surface area contributed by atoms with Gasteiger partial charge in [-0.05, 0) is 88.5 Å². The fourth-order valence-electron chi connectivity index (χ4n) is 10.7. The van der Waals surface area contributed by atoms with Gasteiger partial charge in [0.2, 0.25) is 0 Å². The van der Waals surface area contributed by atoms with E-state index in [1.807, 2.05) is 11.3 Å². The predicted molar refractivity (Wildman–Crippen MR) is 291 cm³/mol. The molecule has 0 spiro atoms. The Labute approximate surface area is 402 Å². The molecule has 324 valence electrons. The van der Waals surface area contributed by atoms with E-state index in [9.17, 15) is 0 Å². The number of para-hydroxylation sites is 4. The minimum atomic E-state index is -0.383. The molecule has 5 nitrogen and oxygen atoms in total. The number of benzene rings is 10. The molecule has 1 atom stereocenters. The van der Waals surface area contributed by atoms with Crippen LogP contribution in [0.5, 0.6) is 0 Å². The van der Waals surface area contributed by atoms with Crippen LogP contribution in [0.25, 0.3) is 97.4 Å². The van der Waals surface area contributed by atoms with Crippen molar-refractivity contribution in [3.05, 3.63) is 253 Å². The van der Waals surface area contributed by atoms with Crippen molar-refractivity contribution < 1.29 is 0 Å². The molecule has 1 unspecified atom stereocenters. The zero-order valence-corrected chi connectivity index (χ0v) is 38.1. The van der Waals surface area contributed by atoms with Gasteiger partial charge in [-0.3, -0.25) is 0 Å². The molecular formula is C63H41N5S. The Hall–Kier alpha value is -8.84. The van der Waals surface area contributed by atoms with Crippen LogP contribution in [0.4, 0.5) is 0 Å². The van der Waals surface area contributed by atoms with Crippen LogP contribution in [0.3, 0.4) is 0 Å². The predicted octanol–water partition coefficient (Wildman–Crippen LogP) is 16.1. The molecular weight excluding hydrogens is 859 g/mol. The normalized spacial score (nSPS) is 13.9. The highest BCUT2D eigenvalue weighted by atomic mass is 32.1. The number of hydrogen-bond donors (Lipinski definition) is 1. The first-order valence-electron chi connectivity index (χ1n) is 23.4. The maximum absolute atomic E-state index is 5.45. The molecule has 69 heavy (non-hydrogen) atoms. The SMILES string of the molecule is c1ccc(-c2ccc(C3N=C(c4ccc5c(c4)sc4ccccc45)N=C(c4ccccc4-n4c5ccccc5c5c(-c6cccc7c6c6ccccc6n7-c6ccccc6)cccc54)N3)cc2)cc1. The molecule has 3 aromatic heterocycles. The van der Waals surface area contributed by atoms with Crippen LogP contribution in [0.15, 0.2) is 247 Å².